The highest BCUT2D eigenvalue weighted by Gasteiger charge is 2.18. The lowest BCUT2D eigenvalue weighted by Gasteiger charge is -2.13. The van der Waals surface area contributed by atoms with Crippen LogP contribution in [-0.4, -0.2) is 14.4 Å². The zero-order valence-corrected chi connectivity index (χ0v) is 19.6. The van der Waals surface area contributed by atoms with Gasteiger partial charge in [0.2, 0.25) is 0 Å². The van der Waals surface area contributed by atoms with E-state index in [1.807, 2.05) is 18.6 Å². The average Bonchev–Trinajstić information content (AvgIpc) is 3.57. The molecule has 0 aliphatic carbocycles. The quantitative estimate of drug-likeness (QED) is 0.267. The van der Waals surface area contributed by atoms with Crippen molar-refractivity contribution in [2.75, 3.05) is 0 Å². The summed E-state index contributed by atoms with van der Waals surface area (Å²) in [5.74, 6) is 0.426. The number of imidazole rings is 1. The molecule has 5 heteroatoms. The van der Waals surface area contributed by atoms with Crippen molar-refractivity contribution in [3.63, 3.8) is 0 Å². The molecule has 0 fully saturated rings. The molecule has 7 rings (SSSR count). The Bertz CT molecular complexity index is 1850. The number of furan rings is 1. The van der Waals surface area contributed by atoms with E-state index in [9.17, 15) is 0 Å². The van der Waals surface area contributed by atoms with Crippen LogP contribution in [0.2, 0.25) is 0 Å². The van der Waals surface area contributed by atoms with Crippen LogP contribution in [0.15, 0.2) is 89.9 Å². The third-order valence-electron chi connectivity index (χ3n) is 6.58. The normalized spacial score (nSPS) is 12.1. The van der Waals surface area contributed by atoms with Gasteiger partial charge >= 0.3 is 0 Å². The summed E-state index contributed by atoms with van der Waals surface area (Å²) >= 11 is 1.75. The first-order valence-corrected chi connectivity index (χ1v) is 12.2. The van der Waals surface area contributed by atoms with Gasteiger partial charge in [0.05, 0.1) is 22.2 Å². The number of thiazole rings is 1. The zero-order chi connectivity index (χ0) is 22.8. The smallest absolute Gasteiger partial charge is 0.134 e. The van der Waals surface area contributed by atoms with Crippen LogP contribution in [-0.2, 0) is 0 Å². The Morgan fingerprint density at radius 2 is 1.76 bits per heavy atom. The second-order valence-electron chi connectivity index (χ2n) is 8.99. The maximum absolute atomic E-state index is 5.63. The van der Waals surface area contributed by atoms with Crippen LogP contribution in [0.5, 0.6) is 0 Å². The molecule has 4 aromatic heterocycles. The molecule has 34 heavy (non-hydrogen) atoms. The first-order chi connectivity index (χ1) is 16.7. The summed E-state index contributed by atoms with van der Waals surface area (Å²) in [6.45, 7) is 4.51. The Morgan fingerprint density at radius 3 is 2.68 bits per heavy atom. The molecule has 0 aliphatic rings. The maximum Gasteiger partial charge on any atom is 0.134 e. The molecular weight excluding hydrogens is 438 g/mol. The Kier molecular flexibility index (Phi) is 4.17. The van der Waals surface area contributed by atoms with Crippen LogP contribution in [0.4, 0.5) is 0 Å². The van der Waals surface area contributed by atoms with Crippen LogP contribution in [0.1, 0.15) is 25.3 Å². The number of pyridine rings is 1. The highest BCUT2D eigenvalue weighted by atomic mass is 32.1. The second-order valence-corrected chi connectivity index (χ2v) is 9.99. The fraction of sp³-hybridized carbons (Fsp3) is 0.103. The fourth-order valence-corrected chi connectivity index (χ4v) is 6.13. The lowest BCUT2D eigenvalue weighted by Crippen LogP contribution is -1.93. The van der Waals surface area contributed by atoms with Crippen molar-refractivity contribution in [3.8, 4) is 22.5 Å². The van der Waals surface area contributed by atoms with Crippen LogP contribution >= 0.6 is 11.3 Å². The van der Waals surface area contributed by atoms with E-state index >= 15 is 0 Å². The number of aromatic nitrogens is 3. The molecular formula is C29H21N3OS. The predicted octanol–water partition coefficient (Wildman–Crippen LogP) is 8.30. The molecule has 4 nitrogen and oxygen atoms in total. The van der Waals surface area contributed by atoms with E-state index < -0.39 is 0 Å². The van der Waals surface area contributed by atoms with Gasteiger partial charge in [-0.3, -0.25) is 9.38 Å². The summed E-state index contributed by atoms with van der Waals surface area (Å²) in [6.07, 6.45) is 5.55. The van der Waals surface area contributed by atoms with Crippen LogP contribution in [0.3, 0.4) is 0 Å². The highest BCUT2D eigenvalue weighted by Crippen LogP contribution is 2.40. The molecule has 3 aromatic carbocycles. The molecule has 0 radical (unpaired) electrons. The molecule has 4 heterocycles. The largest absolute Gasteiger partial charge is 0.464 e. The topological polar surface area (TPSA) is 43.3 Å². The minimum atomic E-state index is 0.426. The van der Waals surface area contributed by atoms with Gasteiger partial charge in [0.25, 0.3) is 0 Å². The first-order valence-electron chi connectivity index (χ1n) is 11.4. The predicted molar refractivity (Wildman–Crippen MR) is 141 cm³/mol. The Morgan fingerprint density at radius 1 is 0.853 bits per heavy atom. The summed E-state index contributed by atoms with van der Waals surface area (Å²) in [4.78, 5) is 10.7. The zero-order valence-electron chi connectivity index (χ0n) is 18.8. The molecule has 0 bridgehead atoms. The monoisotopic (exact) mass is 459 g/mol. The molecule has 0 amide bonds. The minimum absolute atomic E-state index is 0.426. The number of nitrogens with zero attached hydrogens (tertiary/aromatic N) is 3. The van der Waals surface area contributed by atoms with Gasteiger partial charge in [-0.05, 0) is 52.6 Å². The standard InChI is InChI=1S/C29H21N3OS/c1-17(2)23-14-21(13-19-5-3-4-6-22(19)23)26-28-24(9-11-30-26)32-16-31-27(29(32)34-28)20-8-7-18-10-12-33-25(18)15-20/h3-17H,1-2H3. The number of rotatable bonds is 3. The van der Waals surface area contributed by atoms with Gasteiger partial charge in [0, 0.05) is 22.7 Å². The molecule has 0 saturated heterocycles. The molecule has 0 aliphatic heterocycles. The molecule has 0 unspecified atom stereocenters. The lowest BCUT2D eigenvalue weighted by molar-refractivity contribution is 0.616. The van der Waals surface area contributed by atoms with Gasteiger partial charge < -0.3 is 4.42 Å². The van der Waals surface area contributed by atoms with E-state index in [1.165, 1.54) is 21.0 Å². The maximum atomic E-state index is 5.63. The van der Waals surface area contributed by atoms with Crippen molar-refractivity contribution < 1.29 is 4.42 Å². The van der Waals surface area contributed by atoms with Crippen LogP contribution in [0.25, 0.3) is 59.3 Å². The molecule has 0 atom stereocenters. The van der Waals surface area contributed by atoms with E-state index in [0.717, 1.165) is 43.8 Å². The van der Waals surface area contributed by atoms with Crippen LogP contribution in [0, 0.1) is 0 Å². The number of fused-ring (bicyclic) bond motifs is 5. The highest BCUT2D eigenvalue weighted by molar-refractivity contribution is 7.24. The summed E-state index contributed by atoms with van der Waals surface area (Å²) in [6, 6.07) is 23.5. The van der Waals surface area contributed by atoms with Gasteiger partial charge in [-0.2, -0.15) is 0 Å². The van der Waals surface area contributed by atoms with Gasteiger partial charge in [0.1, 0.15) is 22.4 Å². The van der Waals surface area contributed by atoms with Gasteiger partial charge in [-0.15, -0.1) is 11.3 Å². The fourth-order valence-electron chi connectivity index (χ4n) is 4.89. The summed E-state index contributed by atoms with van der Waals surface area (Å²) in [7, 11) is 0. The van der Waals surface area contributed by atoms with Gasteiger partial charge in [-0.1, -0.05) is 50.2 Å². The van der Waals surface area contributed by atoms with Crippen molar-refractivity contribution in [3.05, 3.63) is 91.1 Å². The van der Waals surface area contributed by atoms with Crippen molar-refractivity contribution >= 4 is 48.1 Å². The van der Waals surface area contributed by atoms with Crippen LogP contribution < -0.4 is 0 Å². The number of hydrogen-bond donors (Lipinski definition) is 0. The summed E-state index contributed by atoms with van der Waals surface area (Å²) in [5.41, 5.74) is 7.55. The Labute approximate surface area is 200 Å². The SMILES string of the molecule is CC(C)c1cc(-c2nccc3c2sc2c(-c4ccc5ccoc5c4)ncn23)cc2ccccc12. The van der Waals surface area contributed by atoms with E-state index in [-0.39, 0.29) is 0 Å². The van der Waals surface area contributed by atoms with Crippen molar-refractivity contribution in [2.45, 2.75) is 19.8 Å². The summed E-state index contributed by atoms with van der Waals surface area (Å²) < 4.78 is 8.98. The average molecular weight is 460 g/mol. The third-order valence-corrected chi connectivity index (χ3v) is 7.77. The molecule has 7 aromatic rings. The first kappa shape index (κ1) is 19.5. The van der Waals surface area contributed by atoms with E-state index in [2.05, 4.69) is 78.9 Å². The van der Waals surface area contributed by atoms with Crippen molar-refractivity contribution in [2.24, 2.45) is 0 Å². The summed E-state index contributed by atoms with van der Waals surface area (Å²) in [5, 5.41) is 3.66. The molecule has 164 valence electrons. The Hall–Kier alpha value is -3.96. The lowest BCUT2D eigenvalue weighted by atomic mass is 9.92. The van der Waals surface area contributed by atoms with E-state index in [0.29, 0.717) is 5.92 Å². The van der Waals surface area contributed by atoms with E-state index in [4.69, 9.17) is 14.4 Å². The number of hydrogen-bond acceptors (Lipinski definition) is 4. The number of benzene rings is 3. The molecule has 0 saturated carbocycles. The molecule has 0 N–H and O–H groups in total. The minimum Gasteiger partial charge on any atom is -0.464 e. The Balaban J connectivity index is 1.47. The third kappa shape index (κ3) is 2.83. The van der Waals surface area contributed by atoms with Gasteiger partial charge in [-0.25, -0.2) is 4.98 Å². The van der Waals surface area contributed by atoms with Gasteiger partial charge in [0.15, 0.2) is 0 Å². The van der Waals surface area contributed by atoms with Crippen molar-refractivity contribution in [1.82, 2.24) is 14.4 Å². The van der Waals surface area contributed by atoms with Crippen molar-refractivity contribution in [1.29, 1.82) is 0 Å². The molecule has 0 spiro atoms. The van der Waals surface area contributed by atoms with E-state index in [1.54, 1.807) is 17.6 Å². The second kappa shape index (κ2) is 7.27.